The van der Waals surface area contributed by atoms with Crippen molar-refractivity contribution in [2.75, 3.05) is 19.7 Å². The lowest BCUT2D eigenvalue weighted by Crippen LogP contribution is -2.45. The van der Waals surface area contributed by atoms with E-state index in [4.69, 9.17) is 14.6 Å². The molecule has 2 fully saturated rings. The van der Waals surface area contributed by atoms with Crippen LogP contribution in [0.25, 0.3) is 0 Å². The van der Waals surface area contributed by atoms with Crippen LogP contribution >= 0.6 is 0 Å². The van der Waals surface area contributed by atoms with E-state index in [1.165, 1.54) is 0 Å². The number of esters is 1. The summed E-state index contributed by atoms with van der Waals surface area (Å²) in [6.45, 7) is 3.11. The minimum absolute atomic E-state index is 0.148. The summed E-state index contributed by atoms with van der Waals surface area (Å²) < 4.78 is 10.3. The molecule has 7 heteroatoms. The molecule has 1 N–H and O–H groups in total. The van der Waals surface area contributed by atoms with Gasteiger partial charge in [-0.05, 0) is 32.6 Å². The van der Waals surface area contributed by atoms with Crippen LogP contribution in [0, 0.1) is 5.92 Å². The zero-order chi connectivity index (χ0) is 15.4. The highest BCUT2D eigenvalue weighted by Crippen LogP contribution is 2.25. The fourth-order valence-corrected chi connectivity index (χ4v) is 2.80. The Morgan fingerprint density at radius 3 is 2.29 bits per heavy atom. The Hall–Kier alpha value is -1.63. The van der Waals surface area contributed by atoms with Crippen LogP contribution in [-0.4, -0.2) is 59.8 Å². The summed E-state index contributed by atoms with van der Waals surface area (Å²) in [6.07, 6.45) is 0.430. The first-order valence-corrected chi connectivity index (χ1v) is 7.36. The summed E-state index contributed by atoms with van der Waals surface area (Å²) in [4.78, 5) is 36.4. The second-order valence-corrected chi connectivity index (χ2v) is 5.38. The molecule has 0 aromatic carbocycles. The van der Waals surface area contributed by atoms with Crippen LogP contribution in [0.5, 0.6) is 0 Å². The van der Waals surface area contributed by atoms with Gasteiger partial charge in [0.05, 0.1) is 12.5 Å². The van der Waals surface area contributed by atoms with E-state index in [1.54, 1.807) is 11.8 Å². The maximum atomic E-state index is 12.3. The van der Waals surface area contributed by atoms with E-state index in [1.807, 2.05) is 0 Å². The first-order valence-electron chi connectivity index (χ1n) is 7.36. The molecule has 0 bridgehead atoms. The predicted molar refractivity (Wildman–Crippen MR) is 71.5 cm³/mol. The Bertz CT molecular complexity index is 416. The number of piperidine rings is 1. The van der Waals surface area contributed by atoms with E-state index >= 15 is 0 Å². The first kappa shape index (κ1) is 15.8. The highest BCUT2D eigenvalue weighted by atomic mass is 16.5. The third-order valence-electron chi connectivity index (χ3n) is 4.00. The van der Waals surface area contributed by atoms with Gasteiger partial charge >= 0.3 is 11.9 Å². The average Bonchev–Trinajstić information content (AvgIpc) is 2.97. The Morgan fingerprint density at radius 2 is 1.76 bits per heavy atom. The average molecular weight is 299 g/mol. The normalized spacial score (nSPS) is 26.6. The number of aliphatic carboxylic acids is 1. The molecule has 2 aliphatic heterocycles. The fraction of sp³-hybridized carbons (Fsp3) is 0.786. The Labute approximate surface area is 123 Å². The molecule has 1 amide bonds. The lowest BCUT2D eigenvalue weighted by atomic mass is 9.96. The molecular weight excluding hydrogens is 278 g/mol. The first-order chi connectivity index (χ1) is 10.0. The highest BCUT2D eigenvalue weighted by molar-refractivity contribution is 5.83. The van der Waals surface area contributed by atoms with Crippen LogP contribution in [0.2, 0.25) is 0 Å². The standard InChI is InChI=1S/C14H21NO6/c1-2-20-14(19)9-5-7-15(8-6-9)12(16)10-3-4-11(21-10)13(17)18/h9-11H,2-8H2,1H3,(H,17,18). The Kier molecular flexibility index (Phi) is 5.17. The number of carbonyl (C=O) groups is 3. The van der Waals surface area contributed by atoms with Crippen molar-refractivity contribution in [2.24, 2.45) is 5.92 Å². The van der Waals surface area contributed by atoms with Gasteiger partial charge in [0, 0.05) is 13.1 Å². The van der Waals surface area contributed by atoms with Gasteiger partial charge in [0.15, 0.2) is 6.10 Å². The van der Waals surface area contributed by atoms with Crippen LogP contribution in [0.1, 0.15) is 32.6 Å². The van der Waals surface area contributed by atoms with Gasteiger partial charge in [-0.1, -0.05) is 0 Å². The summed E-state index contributed by atoms with van der Waals surface area (Å²) in [6, 6.07) is 0. The molecule has 2 rings (SSSR count). The van der Waals surface area contributed by atoms with E-state index in [0.717, 1.165) is 0 Å². The van der Waals surface area contributed by atoms with E-state index < -0.39 is 18.2 Å². The second-order valence-electron chi connectivity index (χ2n) is 5.38. The van der Waals surface area contributed by atoms with E-state index in [0.29, 0.717) is 45.4 Å². The SMILES string of the molecule is CCOC(=O)C1CCN(C(=O)C2CCC(C(=O)O)O2)CC1. The number of ether oxygens (including phenoxy) is 2. The summed E-state index contributed by atoms with van der Waals surface area (Å²) in [7, 11) is 0. The van der Waals surface area contributed by atoms with Crippen molar-refractivity contribution in [3.63, 3.8) is 0 Å². The number of rotatable bonds is 4. The van der Waals surface area contributed by atoms with Gasteiger partial charge in [-0.25, -0.2) is 4.79 Å². The lowest BCUT2D eigenvalue weighted by molar-refractivity contribution is -0.157. The van der Waals surface area contributed by atoms with Crippen molar-refractivity contribution in [1.82, 2.24) is 4.90 Å². The van der Waals surface area contributed by atoms with Gasteiger partial charge in [0.1, 0.15) is 6.10 Å². The van der Waals surface area contributed by atoms with Crippen LogP contribution in [0.4, 0.5) is 0 Å². The number of amides is 1. The molecule has 21 heavy (non-hydrogen) atoms. The van der Waals surface area contributed by atoms with Crippen LogP contribution in [0.3, 0.4) is 0 Å². The molecule has 0 aromatic heterocycles. The number of hydrogen-bond donors (Lipinski definition) is 1. The molecule has 0 aromatic rings. The van der Waals surface area contributed by atoms with E-state index in [-0.39, 0.29) is 17.8 Å². The smallest absolute Gasteiger partial charge is 0.332 e. The van der Waals surface area contributed by atoms with Gasteiger partial charge in [0.2, 0.25) is 0 Å². The van der Waals surface area contributed by atoms with Crippen LogP contribution in [0.15, 0.2) is 0 Å². The van der Waals surface area contributed by atoms with Crippen molar-refractivity contribution in [3.05, 3.63) is 0 Å². The quantitative estimate of drug-likeness (QED) is 0.756. The summed E-state index contributed by atoms with van der Waals surface area (Å²) in [5, 5.41) is 8.87. The monoisotopic (exact) mass is 299 g/mol. The minimum Gasteiger partial charge on any atom is -0.479 e. The molecule has 2 atom stereocenters. The van der Waals surface area contributed by atoms with E-state index in [9.17, 15) is 14.4 Å². The highest BCUT2D eigenvalue weighted by Gasteiger charge is 2.38. The molecule has 2 saturated heterocycles. The predicted octanol–water partition coefficient (Wildman–Crippen LogP) is 0.420. The molecule has 2 heterocycles. The molecule has 2 aliphatic rings. The summed E-state index contributed by atoms with van der Waals surface area (Å²) in [5.74, 6) is -1.54. The Balaban J connectivity index is 1.81. The number of nitrogens with zero attached hydrogens (tertiary/aromatic N) is 1. The Morgan fingerprint density at radius 1 is 1.14 bits per heavy atom. The molecule has 0 saturated carbocycles. The topological polar surface area (TPSA) is 93.1 Å². The number of carbonyl (C=O) groups excluding carboxylic acids is 2. The molecule has 0 spiro atoms. The maximum Gasteiger partial charge on any atom is 0.332 e. The van der Waals surface area contributed by atoms with Crippen molar-refractivity contribution in [3.8, 4) is 0 Å². The van der Waals surface area contributed by atoms with Gasteiger partial charge < -0.3 is 19.5 Å². The molecule has 2 unspecified atom stereocenters. The molecule has 0 radical (unpaired) electrons. The summed E-state index contributed by atoms with van der Waals surface area (Å²) >= 11 is 0. The number of likely N-dealkylation sites (tertiary alicyclic amines) is 1. The fourth-order valence-electron chi connectivity index (χ4n) is 2.80. The number of hydrogen-bond acceptors (Lipinski definition) is 5. The van der Waals surface area contributed by atoms with Gasteiger partial charge in [-0.15, -0.1) is 0 Å². The van der Waals surface area contributed by atoms with E-state index in [2.05, 4.69) is 0 Å². The third kappa shape index (κ3) is 3.72. The van der Waals surface area contributed by atoms with Crippen LogP contribution in [-0.2, 0) is 23.9 Å². The zero-order valence-electron chi connectivity index (χ0n) is 12.1. The maximum absolute atomic E-state index is 12.3. The van der Waals surface area contributed by atoms with Crippen molar-refractivity contribution < 1.29 is 29.0 Å². The third-order valence-corrected chi connectivity index (χ3v) is 4.00. The zero-order valence-corrected chi connectivity index (χ0v) is 12.1. The van der Waals surface area contributed by atoms with Gasteiger partial charge in [-0.2, -0.15) is 0 Å². The van der Waals surface area contributed by atoms with Crippen molar-refractivity contribution in [1.29, 1.82) is 0 Å². The molecule has 118 valence electrons. The number of carboxylic acid groups (broad SMARTS) is 1. The van der Waals surface area contributed by atoms with Crippen molar-refractivity contribution >= 4 is 17.8 Å². The molecular formula is C14H21NO6. The second kappa shape index (κ2) is 6.89. The van der Waals surface area contributed by atoms with Crippen molar-refractivity contribution in [2.45, 2.75) is 44.8 Å². The van der Waals surface area contributed by atoms with Gasteiger partial charge in [-0.3, -0.25) is 9.59 Å². The van der Waals surface area contributed by atoms with Gasteiger partial charge in [0.25, 0.3) is 5.91 Å². The van der Waals surface area contributed by atoms with Crippen LogP contribution < -0.4 is 0 Å². The molecule has 0 aliphatic carbocycles. The summed E-state index contributed by atoms with van der Waals surface area (Å²) in [5.41, 5.74) is 0. The number of carboxylic acids is 1. The molecule has 7 nitrogen and oxygen atoms in total. The lowest BCUT2D eigenvalue weighted by Gasteiger charge is -2.32. The minimum atomic E-state index is -1.02. The largest absolute Gasteiger partial charge is 0.479 e.